The molecule has 9 nitrogen and oxygen atoms in total. The van der Waals surface area contributed by atoms with E-state index in [2.05, 4.69) is 46.8 Å². The molecule has 176 valence electrons. The van der Waals surface area contributed by atoms with Crippen molar-refractivity contribution in [3.63, 3.8) is 0 Å². The maximum absolute atomic E-state index is 12.3. The Morgan fingerprint density at radius 2 is 1.75 bits per heavy atom. The number of alkyl carbamates (subject to hydrolysis) is 1. The highest BCUT2D eigenvalue weighted by atomic mass is 16.6. The van der Waals surface area contributed by atoms with Gasteiger partial charge in [0.15, 0.2) is 0 Å². The van der Waals surface area contributed by atoms with Gasteiger partial charge in [0.05, 0.1) is 11.2 Å². The van der Waals surface area contributed by atoms with Crippen LogP contribution in [0.3, 0.4) is 0 Å². The SMILES string of the molecule is Cc1cc(Nc2cccc(NC(=O)CCCCNC(=O)OC(C)(C)C)n2)n(C(C)(C)C)n1. The minimum absolute atomic E-state index is 0.123. The fourth-order valence-electron chi connectivity index (χ4n) is 2.93. The molecule has 2 rings (SSSR count). The van der Waals surface area contributed by atoms with Gasteiger partial charge in [-0.1, -0.05) is 6.07 Å². The molecule has 2 heterocycles. The summed E-state index contributed by atoms with van der Waals surface area (Å²) in [6, 6.07) is 7.39. The lowest BCUT2D eigenvalue weighted by Gasteiger charge is -2.22. The number of ether oxygens (including phenoxy) is 1. The van der Waals surface area contributed by atoms with Crippen molar-refractivity contribution >= 4 is 29.5 Å². The highest BCUT2D eigenvalue weighted by molar-refractivity contribution is 5.89. The van der Waals surface area contributed by atoms with Crippen LogP contribution in [-0.2, 0) is 15.1 Å². The Kier molecular flexibility index (Phi) is 8.24. The maximum atomic E-state index is 12.3. The molecule has 0 bridgehead atoms. The molecule has 0 aliphatic carbocycles. The van der Waals surface area contributed by atoms with Crippen molar-refractivity contribution in [1.82, 2.24) is 20.1 Å². The quantitative estimate of drug-likeness (QED) is 0.508. The summed E-state index contributed by atoms with van der Waals surface area (Å²) in [4.78, 5) is 28.3. The Balaban J connectivity index is 1.82. The van der Waals surface area contributed by atoms with Crippen molar-refractivity contribution < 1.29 is 14.3 Å². The number of aryl methyl sites for hydroxylation is 1. The first kappa shape index (κ1) is 25.2. The Morgan fingerprint density at radius 1 is 1.06 bits per heavy atom. The molecule has 0 spiro atoms. The first-order chi connectivity index (χ1) is 14.8. The zero-order valence-corrected chi connectivity index (χ0v) is 20.2. The number of pyridine rings is 1. The zero-order valence-electron chi connectivity index (χ0n) is 20.2. The minimum atomic E-state index is -0.522. The van der Waals surface area contributed by atoms with Crippen LogP contribution < -0.4 is 16.0 Å². The molecule has 0 fully saturated rings. The number of nitrogens with zero attached hydrogens (tertiary/aromatic N) is 3. The molecule has 0 atom stereocenters. The molecule has 0 saturated heterocycles. The fraction of sp³-hybridized carbons (Fsp3) is 0.565. The van der Waals surface area contributed by atoms with Gasteiger partial charge in [-0.3, -0.25) is 4.79 Å². The second kappa shape index (κ2) is 10.5. The zero-order chi connectivity index (χ0) is 23.9. The summed E-state index contributed by atoms with van der Waals surface area (Å²) in [6.07, 6.45) is 1.21. The molecule has 0 aliphatic heterocycles. The van der Waals surface area contributed by atoms with Crippen LogP contribution in [0.4, 0.5) is 22.2 Å². The van der Waals surface area contributed by atoms with Crippen LogP contribution >= 0.6 is 0 Å². The molecule has 0 radical (unpaired) electrons. The van der Waals surface area contributed by atoms with Crippen LogP contribution in [0.2, 0.25) is 0 Å². The second-order valence-corrected chi connectivity index (χ2v) is 9.72. The minimum Gasteiger partial charge on any atom is -0.444 e. The molecule has 2 aromatic rings. The van der Waals surface area contributed by atoms with Gasteiger partial charge in [0.25, 0.3) is 0 Å². The number of hydrogen-bond donors (Lipinski definition) is 3. The van der Waals surface area contributed by atoms with Crippen LogP contribution in [0.1, 0.15) is 66.5 Å². The summed E-state index contributed by atoms with van der Waals surface area (Å²) in [7, 11) is 0. The lowest BCUT2D eigenvalue weighted by atomic mass is 10.1. The number of nitrogens with one attached hydrogen (secondary N) is 3. The maximum Gasteiger partial charge on any atom is 0.407 e. The topological polar surface area (TPSA) is 110 Å². The van der Waals surface area contributed by atoms with E-state index in [0.29, 0.717) is 37.4 Å². The van der Waals surface area contributed by atoms with Crippen molar-refractivity contribution in [3.05, 3.63) is 30.0 Å². The molecular formula is C23H36N6O3. The van der Waals surface area contributed by atoms with Gasteiger partial charge in [-0.2, -0.15) is 5.10 Å². The summed E-state index contributed by atoms with van der Waals surface area (Å²) in [5.41, 5.74) is 0.208. The van der Waals surface area contributed by atoms with Gasteiger partial charge in [0.2, 0.25) is 5.91 Å². The van der Waals surface area contributed by atoms with E-state index >= 15 is 0 Å². The van der Waals surface area contributed by atoms with Gasteiger partial charge >= 0.3 is 6.09 Å². The van der Waals surface area contributed by atoms with E-state index in [1.165, 1.54) is 0 Å². The Hall–Kier alpha value is -3.10. The van der Waals surface area contributed by atoms with Gasteiger partial charge in [0.1, 0.15) is 23.1 Å². The molecule has 3 N–H and O–H groups in total. The number of amides is 2. The number of unbranched alkanes of at least 4 members (excludes halogenated alkanes) is 1. The van der Waals surface area contributed by atoms with Gasteiger partial charge in [-0.25, -0.2) is 14.5 Å². The molecular weight excluding hydrogens is 408 g/mol. The molecule has 0 unspecified atom stereocenters. The first-order valence-electron chi connectivity index (χ1n) is 10.9. The van der Waals surface area contributed by atoms with Gasteiger partial charge < -0.3 is 20.7 Å². The number of hydrogen-bond acceptors (Lipinski definition) is 6. The average Bonchev–Trinajstić information content (AvgIpc) is 3.01. The van der Waals surface area contributed by atoms with E-state index in [0.717, 1.165) is 11.5 Å². The number of anilines is 3. The number of aromatic nitrogens is 3. The van der Waals surface area contributed by atoms with Gasteiger partial charge in [0, 0.05) is 19.0 Å². The predicted octanol–water partition coefficient (Wildman–Crippen LogP) is 4.72. The average molecular weight is 445 g/mol. The normalized spacial score (nSPS) is 11.7. The Morgan fingerprint density at radius 3 is 2.41 bits per heavy atom. The first-order valence-corrected chi connectivity index (χ1v) is 10.9. The fourth-order valence-corrected chi connectivity index (χ4v) is 2.93. The van der Waals surface area contributed by atoms with E-state index < -0.39 is 11.7 Å². The third kappa shape index (κ3) is 8.56. The summed E-state index contributed by atoms with van der Waals surface area (Å²) in [5, 5.41) is 13.3. The van der Waals surface area contributed by atoms with Crippen LogP contribution in [0.15, 0.2) is 24.3 Å². The van der Waals surface area contributed by atoms with Crippen LogP contribution in [-0.4, -0.2) is 38.9 Å². The van der Waals surface area contributed by atoms with Crippen molar-refractivity contribution in [3.8, 4) is 0 Å². The number of carbonyl (C=O) groups excluding carboxylic acids is 2. The largest absolute Gasteiger partial charge is 0.444 e. The molecule has 2 amide bonds. The monoisotopic (exact) mass is 444 g/mol. The summed E-state index contributed by atoms with van der Waals surface area (Å²) >= 11 is 0. The smallest absolute Gasteiger partial charge is 0.407 e. The number of carbonyl (C=O) groups is 2. The van der Waals surface area contributed by atoms with Crippen molar-refractivity contribution in [2.24, 2.45) is 0 Å². The second-order valence-electron chi connectivity index (χ2n) is 9.72. The van der Waals surface area contributed by atoms with Gasteiger partial charge in [-0.15, -0.1) is 0 Å². The van der Waals surface area contributed by atoms with Crippen LogP contribution in [0.25, 0.3) is 0 Å². The third-order valence-corrected chi connectivity index (χ3v) is 4.24. The highest BCUT2D eigenvalue weighted by Gasteiger charge is 2.19. The van der Waals surface area contributed by atoms with Crippen LogP contribution in [0, 0.1) is 6.92 Å². The lowest BCUT2D eigenvalue weighted by Crippen LogP contribution is -2.33. The third-order valence-electron chi connectivity index (χ3n) is 4.24. The summed E-state index contributed by atoms with van der Waals surface area (Å²) in [5.74, 6) is 1.81. The van der Waals surface area contributed by atoms with E-state index in [9.17, 15) is 9.59 Å². The Labute approximate surface area is 190 Å². The molecule has 0 aliphatic rings. The van der Waals surface area contributed by atoms with Gasteiger partial charge in [-0.05, 0) is 73.4 Å². The van der Waals surface area contributed by atoms with E-state index in [1.54, 1.807) is 6.07 Å². The molecule has 0 saturated carbocycles. The van der Waals surface area contributed by atoms with Crippen molar-refractivity contribution in [1.29, 1.82) is 0 Å². The predicted molar refractivity (Wildman–Crippen MR) is 126 cm³/mol. The van der Waals surface area contributed by atoms with E-state index in [1.807, 2.05) is 50.6 Å². The Bertz CT molecular complexity index is 925. The molecule has 32 heavy (non-hydrogen) atoms. The molecule has 2 aromatic heterocycles. The van der Waals surface area contributed by atoms with Crippen molar-refractivity contribution in [2.45, 2.75) is 78.9 Å². The van der Waals surface area contributed by atoms with Crippen molar-refractivity contribution in [2.75, 3.05) is 17.2 Å². The summed E-state index contributed by atoms with van der Waals surface area (Å²) < 4.78 is 7.09. The van der Waals surface area contributed by atoms with E-state index in [4.69, 9.17) is 4.74 Å². The lowest BCUT2D eigenvalue weighted by molar-refractivity contribution is -0.116. The number of rotatable bonds is 8. The summed E-state index contributed by atoms with van der Waals surface area (Å²) in [6.45, 7) is 14.1. The standard InChI is InChI=1S/C23H36N6O3/c1-16-15-19(29(28-16)22(2,3)4)26-17-11-10-12-18(25-17)27-20(30)13-8-9-14-24-21(31)32-23(5,6)7/h10-12,15H,8-9,13-14H2,1-7H3,(H,24,31)(H2,25,26,27,30). The van der Waals surface area contributed by atoms with Crippen LogP contribution in [0.5, 0.6) is 0 Å². The van der Waals surface area contributed by atoms with E-state index in [-0.39, 0.29) is 11.4 Å². The molecule has 0 aromatic carbocycles. The highest BCUT2D eigenvalue weighted by Crippen LogP contribution is 2.24. The molecule has 9 heteroatoms.